The molecule has 130 valence electrons. The van der Waals surface area contributed by atoms with E-state index in [1.807, 2.05) is 30.3 Å². The lowest BCUT2D eigenvalue weighted by Gasteiger charge is -2.12. The SMILES string of the molecule is COc1cc(/C=C(\NC(C)=O)C(=O)O)ccc1OCc1ccccc1. The normalized spacial score (nSPS) is 10.9. The number of carboxylic acid groups (broad SMARTS) is 1. The van der Waals surface area contributed by atoms with E-state index in [1.54, 1.807) is 18.2 Å². The van der Waals surface area contributed by atoms with Crippen molar-refractivity contribution in [2.45, 2.75) is 13.5 Å². The first kappa shape index (κ1) is 18.1. The summed E-state index contributed by atoms with van der Waals surface area (Å²) < 4.78 is 11.1. The van der Waals surface area contributed by atoms with Crippen molar-refractivity contribution in [3.63, 3.8) is 0 Å². The van der Waals surface area contributed by atoms with Crippen LogP contribution in [-0.4, -0.2) is 24.1 Å². The van der Waals surface area contributed by atoms with Crippen LogP contribution in [0.3, 0.4) is 0 Å². The summed E-state index contributed by atoms with van der Waals surface area (Å²) in [6.45, 7) is 1.64. The molecule has 0 aliphatic heterocycles. The average molecular weight is 341 g/mol. The Hall–Kier alpha value is -3.28. The zero-order valence-electron chi connectivity index (χ0n) is 14.0. The van der Waals surface area contributed by atoms with E-state index in [9.17, 15) is 9.59 Å². The molecule has 0 aliphatic rings. The fraction of sp³-hybridized carbons (Fsp3) is 0.158. The molecular weight excluding hydrogens is 322 g/mol. The molecule has 0 aromatic heterocycles. The minimum absolute atomic E-state index is 0.215. The monoisotopic (exact) mass is 341 g/mol. The number of rotatable bonds is 7. The van der Waals surface area contributed by atoms with Crippen molar-refractivity contribution in [1.29, 1.82) is 0 Å². The quantitative estimate of drug-likeness (QED) is 0.757. The maximum absolute atomic E-state index is 11.2. The van der Waals surface area contributed by atoms with Crippen molar-refractivity contribution in [3.05, 3.63) is 65.4 Å². The van der Waals surface area contributed by atoms with Gasteiger partial charge in [0.25, 0.3) is 0 Å². The molecule has 2 rings (SSSR count). The highest BCUT2D eigenvalue weighted by molar-refractivity contribution is 5.96. The van der Waals surface area contributed by atoms with Gasteiger partial charge in [-0.1, -0.05) is 36.4 Å². The largest absolute Gasteiger partial charge is 0.493 e. The Labute approximate surface area is 145 Å². The number of hydrogen-bond acceptors (Lipinski definition) is 4. The number of nitrogens with one attached hydrogen (secondary N) is 1. The summed E-state index contributed by atoms with van der Waals surface area (Å²) in [7, 11) is 1.50. The lowest BCUT2D eigenvalue weighted by molar-refractivity contribution is -0.134. The predicted octanol–water partition coefficient (Wildman–Crippen LogP) is 2.84. The van der Waals surface area contributed by atoms with Gasteiger partial charge in [0.1, 0.15) is 12.3 Å². The molecule has 0 fully saturated rings. The first-order valence-corrected chi connectivity index (χ1v) is 7.57. The third kappa shape index (κ3) is 5.39. The van der Waals surface area contributed by atoms with Crippen LogP contribution in [0.5, 0.6) is 11.5 Å². The third-order valence-corrected chi connectivity index (χ3v) is 3.28. The standard InChI is InChI=1S/C19H19NO5/c1-13(21)20-16(19(22)23)10-15-8-9-17(18(11-15)24-2)25-12-14-6-4-3-5-7-14/h3-11H,12H2,1-2H3,(H,20,21)(H,22,23)/b16-10-. The van der Waals surface area contributed by atoms with E-state index in [1.165, 1.54) is 20.1 Å². The summed E-state index contributed by atoms with van der Waals surface area (Å²) >= 11 is 0. The van der Waals surface area contributed by atoms with Crippen LogP contribution >= 0.6 is 0 Å². The molecule has 0 saturated heterocycles. The Kier molecular flexibility index (Phi) is 6.17. The van der Waals surface area contributed by atoms with Gasteiger partial charge in [-0.05, 0) is 29.3 Å². The van der Waals surface area contributed by atoms with Crippen LogP contribution in [0.4, 0.5) is 0 Å². The van der Waals surface area contributed by atoms with E-state index >= 15 is 0 Å². The molecule has 0 aliphatic carbocycles. The number of carbonyl (C=O) groups excluding carboxylic acids is 1. The highest BCUT2D eigenvalue weighted by atomic mass is 16.5. The number of carbonyl (C=O) groups is 2. The fourth-order valence-electron chi connectivity index (χ4n) is 2.14. The van der Waals surface area contributed by atoms with Crippen molar-refractivity contribution >= 4 is 18.0 Å². The summed E-state index contributed by atoms with van der Waals surface area (Å²) in [5, 5.41) is 11.4. The Balaban J connectivity index is 2.20. The number of aliphatic carboxylic acids is 1. The van der Waals surface area contributed by atoms with Crippen molar-refractivity contribution in [2.75, 3.05) is 7.11 Å². The number of amides is 1. The molecule has 0 bridgehead atoms. The summed E-state index contributed by atoms with van der Waals surface area (Å²) in [5.74, 6) is -0.667. The highest BCUT2D eigenvalue weighted by Gasteiger charge is 2.11. The van der Waals surface area contributed by atoms with Gasteiger partial charge in [0.05, 0.1) is 7.11 Å². The van der Waals surface area contributed by atoms with Crippen LogP contribution in [0.1, 0.15) is 18.1 Å². The van der Waals surface area contributed by atoms with Gasteiger partial charge >= 0.3 is 5.97 Å². The third-order valence-electron chi connectivity index (χ3n) is 3.28. The second-order valence-corrected chi connectivity index (χ2v) is 5.23. The van der Waals surface area contributed by atoms with E-state index < -0.39 is 11.9 Å². The highest BCUT2D eigenvalue weighted by Crippen LogP contribution is 2.29. The van der Waals surface area contributed by atoms with Crippen LogP contribution in [0, 0.1) is 0 Å². The first-order chi connectivity index (χ1) is 12.0. The fourth-order valence-corrected chi connectivity index (χ4v) is 2.14. The van der Waals surface area contributed by atoms with Gasteiger partial charge < -0.3 is 19.9 Å². The van der Waals surface area contributed by atoms with Gasteiger partial charge in [-0.15, -0.1) is 0 Å². The van der Waals surface area contributed by atoms with E-state index in [2.05, 4.69) is 5.32 Å². The predicted molar refractivity (Wildman–Crippen MR) is 93.2 cm³/mol. The van der Waals surface area contributed by atoms with Gasteiger partial charge in [0, 0.05) is 6.92 Å². The zero-order valence-corrected chi connectivity index (χ0v) is 14.0. The van der Waals surface area contributed by atoms with Crippen molar-refractivity contribution in [3.8, 4) is 11.5 Å². The molecular formula is C19H19NO5. The summed E-state index contributed by atoms with van der Waals surface area (Å²) in [5.41, 5.74) is 1.37. The molecule has 2 N–H and O–H groups in total. The first-order valence-electron chi connectivity index (χ1n) is 7.57. The van der Waals surface area contributed by atoms with Gasteiger partial charge in [-0.2, -0.15) is 0 Å². The molecule has 1 amide bonds. The van der Waals surface area contributed by atoms with Gasteiger partial charge in [0.15, 0.2) is 11.5 Å². The topological polar surface area (TPSA) is 84.9 Å². The molecule has 2 aromatic rings. The van der Waals surface area contributed by atoms with Crippen molar-refractivity contribution < 1.29 is 24.2 Å². The number of ether oxygens (including phenoxy) is 2. The summed E-state index contributed by atoms with van der Waals surface area (Å²) in [6.07, 6.45) is 1.35. The minimum Gasteiger partial charge on any atom is -0.493 e. The lowest BCUT2D eigenvalue weighted by Crippen LogP contribution is -2.24. The Morgan fingerprint density at radius 1 is 1.12 bits per heavy atom. The van der Waals surface area contributed by atoms with E-state index in [0.717, 1.165) is 5.56 Å². The number of carboxylic acids is 1. The molecule has 0 saturated carbocycles. The molecule has 0 spiro atoms. The van der Waals surface area contributed by atoms with Gasteiger partial charge in [-0.3, -0.25) is 4.79 Å². The average Bonchev–Trinajstić information content (AvgIpc) is 2.60. The number of benzene rings is 2. The van der Waals surface area contributed by atoms with E-state index in [0.29, 0.717) is 23.7 Å². The minimum atomic E-state index is -1.22. The smallest absolute Gasteiger partial charge is 0.352 e. The van der Waals surface area contributed by atoms with Gasteiger partial charge in [-0.25, -0.2) is 4.79 Å². The Morgan fingerprint density at radius 2 is 1.84 bits per heavy atom. The maximum Gasteiger partial charge on any atom is 0.352 e. The molecule has 0 unspecified atom stereocenters. The summed E-state index contributed by atoms with van der Waals surface area (Å²) in [4.78, 5) is 22.3. The maximum atomic E-state index is 11.2. The Morgan fingerprint density at radius 3 is 2.44 bits per heavy atom. The zero-order chi connectivity index (χ0) is 18.2. The molecule has 25 heavy (non-hydrogen) atoms. The van der Waals surface area contributed by atoms with Crippen molar-refractivity contribution in [1.82, 2.24) is 5.32 Å². The second kappa shape index (κ2) is 8.54. The number of hydrogen-bond donors (Lipinski definition) is 2. The van der Waals surface area contributed by atoms with Crippen LogP contribution in [0.2, 0.25) is 0 Å². The lowest BCUT2D eigenvalue weighted by atomic mass is 10.1. The molecule has 6 nitrogen and oxygen atoms in total. The molecule has 0 atom stereocenters. The molecule has 2 aromatic carbocycles. The van der Waals surface area contributed by atoms with Crippen LogP contribution in [-0.2, 0) is 16.2 Å². The molecule has 0 radical (unpaired) electrons. The molecule has 0 heterocycles. The second-order valence-electron chi connectivity index (χ2n) is 5.23. The van der Waals surface area contributed by atoms with E-state index in [-0.39, 0.29) is 5.70 Å². The Bertz CT molecular complexity index is 784. The van der Waals surface area contributed by atoms with Crippen molar-refractivity contribution in [2.24, 2.45) is 0 Å². The van der Waals surface area contributed by atoms with Crippen LogP contribution in [0.15, 0.2) is 54.2 Å². The molecule has 6 heteroatoms. The summed E-state index contributed by atoms with van der Waals surface area (Å²) in [6, 6.07) is 14.7. The van der Waals surface area contributed by atoms with E-state index in [4.69, 9.17) is 14.6 Å². The van der Waals surface area contributed by atoms with Gasteiger partial charge in [0.2, 0.25) is 5.91 Å². The van der Waals surface area contributed by atoms with Crippen LogP contribution < -0.4 is 14.8 Å². The van der Waals surface area contributed by atoms with Crippen LogP contribution in [0.25, 0.3) is 6.08 Å². The number of methoxy groups -OCH3 is 1.